The van der Waals surface area contributed by atoms with E-state index in [1.54, 1.807) is 6.07 Å². The van der Waals surface area contributed by atoms with Gasteiger partial charge in [0.05, 0.1) is 39.8 Å². The van der Waals surface area contributed by atoms with Crippen molar-refractivity contribution in [3.63, 3.8) is 0 Å². The number of nitrogens with zero attached hydrogens (tertiary/aromatic N) is 3. The first-order chi connectivity index (χ1) is 9.67. The second kappa shape index (κ2) is 5.13. The molecule has 2 N–H and O–H groups in total. The predicted molar refractivity (Wildman–Crippen MR) is 82.7 cm³/mol. The summed E-state index contributed by atoms with van der Waals surface area (Å²) < 4.78 is 4.36. The topological polar surface area (TPSA) is 92.1 Å². The second-order valence-corrected chi connectivity index (χ2v) is 5.75. The van der Waals surface area contributed by atoms with Crippen molar-refractivity contribution in [3.05, 3.63) is 28.6 Å². The maximum Gasteiger partial charge on any atom is 0.251 e. The quantitative estimate of drug-likeness (QED) is 0.759. The third-order valence-corrected chi connectivity index (χ3v) is 4.79. The summed E-state index contributed by atoms with van der Waals surface area (Å²) in [5, 5.41) is 9.15. The van der Waals surface area contributed by atoms with E-state index in [1.165, 1.54) is 12.8 Å². The van der Waals surface area contributed by atoms with Crippen molar-refractivity contribution < 1.29 is 4.79 Å². The van der Waals surface area contributed by atoms with Crippen molar-refractivity contribution in [2.45, 2.75) is 31.6 Å². The van der Waals surface area contributed by atoms with Crippen LogP contribution in [0.1, 0.15) is 58.9 Å². The molecule has 0 aliphatic heterocycles. The van der Waals surface area contributed by atoms with Crippen LogP contribution in [0.3, 0.4) is 0 Å². The molecule has 1 fully saturated rings. The first-order valence-electron chi connectivity index (χ1n) is 6.61. The van der Waals surface area contributed by atoms with Crippen molar-refractivity contribution >= 4 is 34.5 Å². The Morgan fingerprint density at radius 2 is 2.15 bits per heavy atom. The molecule has 6 heteroatoms. The monoisotopic (exact) mass is 380 g/mol. The molecule has 2 unspecified atom stereocenters. The van der Waals surface area contributed by atoms with E-state index in [2.05, 4.69) is 8.19 Å². The lowest BCUT2D eigenvalue weighted by atomic mass is 9.79. The highest BCUT2D eigenvalue weighted by Crippen LogP contribution is 2.47. The lowest BCUT2D eigenvalue weighted by Crippen LogP contribution is -2.18. The van der Waals surface area contributed by atoms with Gasteiger partial charge in [-0.05, 0) is 30.4 Å². The van der Waals surface area contributed by atoms with E-state index in [9.17, 15) is 4.79 Å². The molecule has 1 aromatic heterocycles. The molecule has 0 spiro atoms. The third-order valence-electron chi connectivity index (χ3n) is 4.27. The number of carbonyl (C=O) groups is 1. The average molecular weight is 380 g/mol. The number of hydrogen-bond donors (Lipinski definition) is 1. The molecule has 0 radical (unpaired) electrons. The molecule has 1 heterocycles. The highest BCUT2D eigenvalue weighted by Gasteiger charge is 2.41. The van der Waals surface area contributed by atoms with Crippen LogP contribution in [0.5, 0.6) is 0 Å². The van der Waals surface area contributed by atoms with Crippen LogP contribution in [0.15, 0.2) is 9.27 Å². The summed E-state index contributed by atoms with van der Waals surface area (Å²) in [6.07, 6.45) is 4.55. The van der Waals surface area contributed by atoms with Crippen molar-refractivity contribution in [3.8, 4) is 6.07 Å². The van der Waals surface area contributed by atoms with Gasteiger partial charge in [0, 0.05) is 5.92 Å². The first kappa shape index (κ1) is 13.5. The molecule has 3 rings (SSSR count). The lowest BCUT2D eigenvalue weighted by molar-refractivity contribution is 0.0999. The highest BCUT2D eigenvalue weighted by molar-refractivity contribution is 14.1. The van der Waals surface area contributed by atoms with Crippen LogP contribution >= 0.6 is 22.9 Å². The normalized spacial score (nSPS) is 25.9. The van der Waals surface area contributed by atoms with Gasteiger partial charge in [0.15, 0.2) is 5.69 Å². The average Bonchev–Trinajstić information content (AvgIpc) is 2.78. The van der Waals surface area contributed by atoms with Gasteiger partial charge < -0.3 is 5.73 Å². The lowest BCUT2D eigenvalue weighted by Gasteiger charge is -2.25. The van der Waals surface area contributed by atoms with Crippen molar-refractivity contribution in [1.29, 1.82) is 5.26 Å². The number of pyridine rings is 1. The number of rotatable bonds is 1. The van der Waals surface area contributed by atoms with Gasteiger partial charge in [0.25, 0.3) is 5.91 Å². The summed E-state index contributed by atoms with van der Waals surface area (Å²) in [6, 6.07) is 3.73. The molecule has 0 bridgehead atoms. The van der Waals surface area contributed by atoms with Crippen LogP contribution in [0.2, 0.25) is 0 Å². The van der Waals surface area contributed by atoms with Gasteiger partial charge in [-0.1, -0.05) is 12.8 Å². The number of fused-ring (bicyclic) bond motifs is 3. The smallest absolute Gasteiger partial charge is 0.251 e. The van der Waals surface area contributed by atoms with E-state index in [1.807, 2.05) is 28.9 Å². The summed E-state index contributed by atoms with van der Waals surface area (Å²) in [7, 11) is 0. The van der Waals surface area contributed by atoms with Gasteiger partial charge in [-0.15, -0.1) is 0 Å². The number of halogens is 1. The second-order valence-electron chi connectivity index (χ2n) is 5.27. The van der Waals surface area contributed by atoms with Gasteiger partial charge >= 0.3 is 0 Å². The highest BCUT2D eigenvalue weighted by atomic mass is 127. The van der Waals surface area contributed by atoms with Gasteiger partial charge in [-0.3, -0.25) is 4.79 Å². The van der Waals surface area contributed by atoms with E-state index in [0.29, 0.717) is 11.8 Å². The standard InChI is InChI=1S/C14H13IN4O/c15-19-13-8-4-2-1-3-7(8)9-5-10(14(17)20)11(6-16)18-12(9)13/h5,7-8H,1-4H2,(H2,17,20)/b19-13+. The number of aromatic nitrogens is 1. The fourth-order valence-corrected chi connectivity index (χ4v) is 3.98. The van der Waals surface area contributed by atoms with Crippen molar-refractivity contribution in [2.75, 3.05) is 0 Å². The van der Waals surface area contributed by atoms with E-state index in [4.69, 9.17) is 11.0 Å². The number of amides is 1. The molecule has 1 aromatic rings. The SMILES string of the molecule is N#Cc1nc2c(cc1C(N)=O)C1CCCCC1/C2=N\I. The number of primary amides is 1. The third kappa shape index (κ3) is 1.92. The fraction of sp³-hybridized carbons (Fsp3) is 0.429. The summed E-state index contributed by atoms with van der Waals surface area (Å²) in [4.78, 5) is 15.9. The van der Waals surface area contributed by atoms with Crippen LogP contribution in [0.4, 0.5) is 0 Å². The summed E-state index contributed by atoms with van der Waals surface area (Å²) in [6.45, 7) is 0. The zero-order valence-corrected chi connectivity index (χ0v) is 12.9. The van der Waals surface area contributed by atoms with Crippen LogP contribution in [0.25, 0.3) is 0 Å². The zero-order valence-electron chi connectivity index (χ0n) is 10.8. The molecule has 1 saturated carbocycles. The van der Waals surface area contributed by atoms with Crippen LogP contribution in [0, 0.1) is 17.2 Å². The minimum atomic E-state index is -0.593. The zero-order chi connectivity index (χ0) is 14.3. The van der Waals surface area contributed by atoms with Crippen LogP contribution < -0.4 is 5.73 Å². The van der Waals surface area contributed by atoms with E-state index in [0.717, 1.165) is 29.8 Å². The first-order valence-corrected chi connectivity index (χ1v) is 7.58. The number of nitriles is 1. The Morgan fingerprint density at radius 3 is 2.75 bits per heavy atom. The Bertz CT molecular complexity index is 662. The summed E-state index contributed by atoms with van der Waals surface area (Å²) in [5.74, 6) is 0.146. The van der Waals surface area contributed by atoms with E-state index >= 15 is 0 Å². The minimum Gasteiger partial charge on any atom is -0.366 e. The maximum atomic E-state index is 11.5. The molecular formula is C14H13IN4O. The van der Waals surface area contributed by atoms with E-state index in [-0.39, 0.29) is 11.3 Å². The molecule has 2 aliphatic carbocycles. The Morgan fingerprint density at radius 1 is 1.45 bits per heavy atom. The number of hydrogen-bond acceptors (Lipinski definition) is 4. The Hall–Kier alpha value is -1.49. The summed E-state index contributed by atoms with van der Waals surface area (Å²) >= 11 is 1.99. The molecule has 20 heavy (non-hydrogen) atoms. The summed E-state index contributed by atoms with van der Waals surface area (Å²) in [5.41, 5.74) is 8.49. The number of nitrogens with two attached hydrogens (primary N) is 1. The van der Waals surface area contributed by atoms with Crippen molar-refractivity contribution in [1.82, 2.24) is 4.98 Å². The van der Waals surface area contributed by atoms with Gasteiger partial charge in [0.1, 0.15) is 6.07 Å². The molecule has 0 aromatic carbocycles. The van der Waals surface area contributed by atoms with Gasteiger partial charge in [0.2, 0.25) is 0 Å². The molecule has 5 nitrogen and oxygen atoms in total. The molecule has 2 aliphatic rings. The molecule has 2 atom stereocenters. The molecular weight excluding hydrogens is 367 g/mol. The Balaban J connectivity index is 2.21. The maximum absolute atomic E-state index is 11.5. The Kier molecular flexibility index (Phi) is 3.46. The number of carbonyl (C=O) groups excluding carboxylic acids is 1. The van der Waals surface area contributed by atoms with Gasteiger partial charge in [-0.25, -0.2) is 8.19 Å². The Labute approximate surface area is 130 Å². The molecule has 0 saturated heterocycles. The van der Waals surface area contributed by atoms with Gasteiger partial charge in [-0.2, -0.15) is 5.26 Å². The van der Waals surface area contributed by atoms with E-state index < -0.39 is 5.91 Å². The van der Waals surface area contributed by atoms with Crippen LogP contribution in [-0.2, 0) is 0 Å². The predicted octanol–water partition coefficient (Wildman–Crippen LogP) is 2.48. The molecule has 1 amide bonds. The van der Waals surface area contributed by atoms with Crippen molar-refractivity contribution in [2.24, 2.45) is 14.9 Å². The fourth-order valence-electron chi connectivity index (χ4n) is 3.40. The molecule has 102 valence electrons. The minimum absolute atomic E-state index is 0.104. The van der Waals surface area contributed by atoms with Crippen LogP contribution in [-0.4, -0.2) is 16.6 Å². The largest absolute Gasteiger partial charge is 0.366 e.